The van der Waals surface area contributed by atoms with Gasteiger partial charge in [-0.25, -0.2) is 4.39 Å². The summed E-state index contributed by atoms with van der Waals surface area (Å²) in [5.41, 5.74) is 1.62. The Hall–Kier alpha value is -1.87. The van der Waals surface area contributed by atoms with Gasteiger partial charge in [0.05, 0.1) is 5.69 Å². The van der Waals surface area contributed by atoms with E-state index in [1.54, 1.807) is 6.07 Å². The highest BCUT2D eigenvalue weighted by molar-refractivity contribution is 9.10. The maximum Gasteiger partial charge on any atom is 0.147 e. The molecule has 0 aromatic heterocycles. The van der Waals surface area contributed by atoms with E-state index in [4.69, 9.17) is 0 Å². The average Bonchev–Trinajstić information content (AvgIpc) is 2.46. The summed E-state index contributed by atoms with van der Waals surface area (Å²) in [6.07, 6.45) is 0. The molecule has 0 saturated heterocycles. The fourth-order valence-electron chi connectivity index (χ4n) is 2.21. The van der Waals surface area contributed by atoms with Gasteiger partial charge in [-0.3, -0.25) is 0 Å². The van der Waals surface area contributed by atoms with Crippen LogP contribution in [0.5, 0.6) is 0 Å². The van der Waals surface area contributed by atoms with Crippen LogP contribution >= 0.6 is 15.9 Å². The molecule has 0 aliphatic rings. The van der Waals surface area contributed by atoms with E-state index in [-0.39, 0.29) is 5.82 Å². The van der Waals surface area contributed by atoms with Crippen LogP contribution in [0.1, 0.15) is 5.56 Å². The first-order valence-corrected chi connectivity index (χ1v) is 7.19. The zero-order chi connectivity index (χ0) is 13.9. The summed E-state index contributed by atoms with van der Waals surface area (Å²) in [7, 11) is 0. The van der Waals surface area contributed by atoms with E-state index in [0.29, 0.717) is 12.2 Å². The van der Waals surface area contributed by atoms with E-state index in [9.17, 15) is 4.39 Å². The summed E-state index contributed by atoms with van der Waals surface area (Å²) in [6, 6.07) is 19.4. The first kappa shape index (κ1) is 13.1. The molecular formula is C17H13BrFN. The minimum atomic E-state index is -0.250. The van der Waals surface area contributed by atoms with Crippen molar-refractivity contribution in [3.8, 4) is 0 Å². The van der Waals surface area contributed by atoms with Crippen LogP contribution in [0, 0.1) is 5.82 Å². The predicted molar refractivity (Wildman–Crippen MR) is 85.4 cm³/mol. The topological polar surface area (TPSA) is 12.0 Å². The largest absolute Gasteiger partial charge is 0.378 e. The van der Waals surface area contributed by atoms with Gasteiger partial charge in [-0.15, -0.1) is 0 Å². The molecule has 0 spiro atoms. The Morgan fingerprint density at radius 2 is 1.70 bits per heavy atom. The van der Waals surface area contributed by atoms with Crippen LogP contribution in [-0.2, 0) is 6.54 Å². The van der Waals surface area contributed by atoms with Crippen LogP contribution in [0.4, 0.5) is 10.1 Å². The van der Waals surface area contributed by atoms with Crippen LogP contribution in [0.15, 0.2) is 65.1 Å². The number of hydrogen-bond acceptors (Lipinski definition) is 1. The fourth-order valence-corrected chi connectivity index (χ4v) is 2.69. The Bertz CT molecular complexity index is 735. The molecule has 0 fully saturated rings. The third-order valence-electron chi connectivity index (χ3n) is 3.25. The second kappa shape index (κ2) is 5.63. The summed E-state index contributed by atoms with van der Waals surface area (Å²) in [5, 5.41) is 5.55. The van der Waals surface area contributed by atoms with Gasteiger partial charge in [0.25, 0.3) is 0 Å². The third kappa shape index (κ3) is 2.68. The van der Waals surface area contributed by atoms with Gasteiger partial charge < -0.3 is 5.32 Å². The number of benzene rings is 3. The fraction of sp³-hybridized carbons (Fsp3) is 0.0588. The van der Waals surface area contributed by atoms with E-state index >= 15 is 0 Å². The molecule has 0 unspecified atom stereocenters. The van der Waals surface area contributed by atoms with Crippen LogP contribution in [0.2, 0.25) is 0 Å². The maximum atomic E-state index is 13.7. The molecular weight excluding hydrogens is 317 g/mol. The Labute approximate surface area is 125 Å². The second-order valence-corrected chi connectivity index (χ2v) is 5.49. The highest BCUT2D eigenvalue weighted by Crippen LogP contribution is 2.26. The smallest absolute Gasteiger partial charge is 0.147 e. The lowest BCUT2D eigenvalue weighted by atomic mass is 10.1. The monoisotopic (exact) mass is 329 g/mol. The minimum Gasteiger partial charge on any atom is -0.378 e. The van der Waals surface area contributed by atoms with E-state index in [0.717, 1.165) is 10.0 Å². The number of anilines is 1. The number of hydrogen-bond donors (Lipinski definition) is 1. The lowest BCUT2D eigenvalue weighted by Gasteiger charge is -2.10. The zero-order valence-electron chi connectivity index (χ0n) is 10.7. The van der Waals surface area contributed by atoms with Gasteiger partial charge in [-0.05, 0) is 50.5 Å². The number of halogens is 2. The zero-order valence-corrected chi connectivity index (χ0v) is 12.3. The highest BCUT2D eigenvalue weighted by Gasteiger charge is 2.05. The molecule has 3 heteroatoms. The van der Waals surface area contributed by atoms with Crippen molar-refractivity contribution in [3.63, 3.8) is 0 Å². The van der Waals surface area contributed by atoms with Gasteiger partial charge in [0.2, 0.25) is 0 Å². The normalized spacial score (nSPS) is 10.7. The molecule has 0 heterocycles. The van der Waals surface area contributed by atoms with Crippen molar-refractivity contribution in [2.75, 3.05) is 5.32 Å². The molecule has 0 aliphatic carbocycles. The molecule has 1 nitrogen and oxygen atoms in total. The van der Waals surface area contributed by atoms with Gasteiger partial charge in [-0.1, -0.05) is 42.5 Å². The van der Waals surface area contributed by atoms with Crippen molar-refractivity contribution in [1.29, 1.82) is 0 Å². The summed E-state index contributed by atoms with van der Waals surface area (Å²) in [4.78, 5) is 0. The van der Waals surface area contributed by atoms with Crippen molar-refractivity contribution in [3.05, 3.63) is 76.5 Å². The molecule has 20 heavy (non-hydrogen) atoms. The Morgan fingerprint density at radius 3 is 2.50 bits per heavy atom. The van der Waals surface area contributed by atoms with Crippen LogP contribution < -0.4 is 5.32 Å². The lowest BCUT2D eigenvalue weighted by molar-refractivity contribution is 0.629. The quantitative estimate of drug-likeness (QED) is 0.682. The van der Waals surface area contributed by atoms with Crippen molar-refractivity contribution in [1.82, 2.24) is 0 Å². The Balaban J connectivity index is 1.83. The molecule has 0 radical (unpaired) electrons. The number of para-hydroxylation sites is 1. The second-order valence-electron chi connectivity index (χ2n) is 4.63. The number of fused-ring (bicyclic) bond motifs is 1. The summed E-state index contributed by atoms with van der Waals surface area (Å²) in [6.45, 7) is 0.588. The van der Waals surface area contributed by atoms with E-state index < -0.39 is 0 Å². The first-order valence-electron chi connectivity index (χ1n) is 6.39. The average molecular weight is 330 g/mol. The van der Waals surface area contributed by atoms with Gasteiger partial charge in [-0.2, -0.15) is 0 Å². The third-order valence-corrected chi connectivity index (χ3v) is 3.91. The summed E-state index contributed by atoms with van der Waals surface area (Å²) < 4.78 is 14.4. The molecule has 0 bridgehead atoms. The van der Waals surface area contributed by atoms with E-state index in [2.05, 4.69) is 51.6 Å². The van der Waals surface area contributed by atoms with Crippen LogP contribution in [0.3, 0.4) is 0 Å². The highest BCUT2D eigenvalue weighted by atomic mass is 79.9. The van der Waals surface area contributed by atoms with E-state index in [1.165, 1.54) is 16.8 Å². The molecule has 0 amide bonds. The molecule has 0 aliphatic heterocycles. The molecule has 1 N–H and O–H groups in total. The molecule has 0 saturated carbocycles. The van der Waals surface area contributed by atoms with E-state index in [1.807, 2.05) is 18.2 Å². The molecule has 3 rings (SSSR count). The van der Waals surface area contributed by atoms with Crippen molar-refractivity contribution < 1.29 is 4.39 Å². The standard InChI is InChI=1S/C17H13BrFN/c18-15-6-3-7-16(19)17(15)20-11-12-8-9-13-4-1-2-5-14(13)10-12/h1-10,20H,11H2. The van der Waals surface area contributed by atoms with Crippen LogP contribution in [-0.4, -0.2) is 0 Å². The predicted octanol–water partition coefficient (Wildman–Crippen LogP) is 5.35. The summed E-state index contributed by atoms with van der Waals surface area (Å²) in [5.74, 6) is -0.250. The Kier molecular flexibility index (Phi) is 3.70. The molecule has 100 valence electrons. The van der Waals surface area contributed by atoms with Gasteiger partial charge in [0.1, 0.15) is 5.82 Å². The van der Waals surface area contributed by atoms with Gasteiger partial charge >= 0.3 is 0 Å². The molecule has 3 aromatic rings. The van der Waals surface area contributed by atoms with Gasteiger partial charge in [0.15, 0.2) is 0 Å². The molecule has 3 aromatic carbocycles. The minimum absolute atomic E-state index is 0.250. The van der Waals surface area contributed by atoms with Crippen molar-refractivity contribution >= 4 is 32.4 Å². The maximum absolute atomic E-state index is 13.7. The SMILES string of the molecule is Fc1cccc(Br)c1NCc1ccc2ccccc2c1. The lowest BCUT2D eigenvalue weighted by Crippen LogP contribution is -2.02. The first-order chi connectivity index (χ1) is 9.74. The van der Waals surface area contributed by atoms with Crippen molar-refractivity contribution in [2.45, 2.75) is 6.54 Å². The number of nitrogens with one attached hydrogen (secondary N) is 1. The Morgan fingerprint density at radius 1 is 0.900 bits per heavy atom. The van der Waals surface area contributed by atoms with Gasteiger partial charge in [0, 0.05) is 11.0 Å². The van der Waals surface area contributed by atoms with Crippen molar-refractivity contribution in [2.24, 2.45) is 0 Å². The summed E-state index contributed by atoms with van der Waals surface area (Å²) >= 11 is 3.36. The van der Waals surface area contributed by atoms with Crippen LogP contribution in [0.25, 0.3) is 10.8 Å². The number of rotatable bonds is 3. The molecule has 0 atom stereocenters.